The largest absolute Gasteiger partial charge is 0.457 e. The van der Waals surface area contributed by atoms with Gasteiger partial charge in [-0.2, -0.15) is 0 Å². The van der Waals surface area contributed by atoms with Crippen LogP contribution < -0.4 is 15.0 Å². The maximum Gasteiger partial charge on any atom is 0.255 e. The van der Waals surface area contributed by atoms with Crippen molar-refractivity contribution in [3.05, 3.63) is 83.8 Å². The molecule has 0 spiro atoms. The molecule has 0 aliphatic carbocycles. The molecule has 1 amide bonds. The number of halogens is 1. The van der Waals surface area contributed by atoms with Crippen LogP contribution in [0.5, 0.6) is 11.5 Å². The van der Waals surface area contributed by atoms with E-state index in [1.54, 1.807) is 30.5 Å². The molecule has 6 nitrogen and oxygen atoms in total. The van der Waals surface area contributed by atoms with Crippen molar-refractivity contribution in [1.82, 2.24) is 10.3 Å². The van der Waals surface area contributed by atoms with Crippen LogP contribution in [0.4, 0.5) is 10.2 Å². The summed E-state index contributed by atoms with van der Waals surface area (Å²) in [6, 6.07) is 16.8. The molecule has 0 bridgehead atoms. The van der Waals surface area contributed by atoms with Gasteiger partial charge in [0.15, 0.2) is 0 Å². The molecule has 1 saturated heterocycles. The first kappa shape index (κ1) is 19.8. The summed E-state index contributed by atoms with van der Waals surface area (Å²) in [5.74, 6) is 1.40. The lowest BCUT2D eigenvalue weighted by Gasteiger charge is -2.29. The number of benzene rings is 2. The molecule has 1 aromatic heterocycles. The van der Waals surface area contributed by atoms with Gasteiger partial charge in [0.2, 0.25) is 0 Å². The van der Waals surface area contributed by atoms with Gasteiger partial charge in [-0.3, -0.25) is 4.79 Å². The summed E-state index contributed by atoms with van der Waals surface area (Å²) in [6.45, 7) is 3.07. The van der Waals surface area contributed by atoms with Gasteiger partial charge < -0.3 is 19.7 Å². The van der Waals surface area contributed by atoms with Crippen LogP contribution in [0, 0.1) is 5.82 Å². The number of carbonyl (C=O) groups excluding carboxylic acids is 1. The molecule has 0 unspecified atom stereocenters. The van der Waals surface area contributed by atoms with Crippen molar-refractivity contribution in [2.24, 2.45) is 0 Å². The van der Waals surface area contributed by atoms with Gasteiger partial charge >= 0.3 is 0 Å². The molecule has 1 aliphatic heterocycles. The summed E-state index contributed by atoms with van der Waals surface area (Å²) >= 11 is 0. The maximum absolute atomic E-state index is 13.0. The third-order valence-electron chi connectivity index (χ3n) is 4.77. The Labute approximate surface area is 174 Å². The third kappa shape index (κ3) is 4.93. The molecule has 2 heterocycles. The van der Waals surface area contributed by atoms with E-state index >= 15 is 0 Å². The summed E-state index contributed by atoms with van der Waals surface area (Å²) in [5, 5.41) is 2.95. The average molecular weight is 407 g/mol. The highest BCUT2D eigenvalue weighted by Crippen LogP contribution is 2.22. The third-order valence-corrected chi connectivity index (χ3v) is 4.77. The molecule has 3 aromatic rings. The minimum absolute atomic E-state index is 0.170. The first-order valence-corrected chi connectivity index (χ1v) is 9.77. The van der Waals surface area contributed by atoms with Crippen LogP contribution in [-0.2, 0) is 11.3 Å². The molecule has 2 aromatic carbocycles. The molecular weight excluding hydrogens is 385 g/mol. The molecule has 30 heavy (non-hydrogen) atoms. The normalized spacial score (nSPS) is 13.7. The number of nitrogens with one attached hydrogen (secondary N) is 1. The Balaban J connectivity index is 1.36. The van der Waals surface area contributed by atoms with Gasteiger partial charge in [-0.25, -0.2) is 9.37 Å². The molecule has 1 aliphatic rings. The lowest BCUT2D eigenvalue weighted by Crippen LogP contribution is -2.38. The standard InChI is InChI=1S/C23H22FN3O3/c24-18-5-9-20(10-6-18)30-19-7-3-17(4-8-19)16-26-23(28)21-2-1-11-25-22(21)27-12-14-29-15-13-27/h1-11H,12-16H2,(H,26,28). The van der Waals surface area contributed by atoms with Gasteiger partial charge in [0.05, 0.1) is 18.8 Å². The number of morpholine rings is 1. The fraction of sp³-hybridized carbons (Fsp3) is 0.217. The van der Waals surface area contributed by atoms with E-state index in [9.17, 15) is 9.18 Å². The second-order valence-electron chi connectivity index (χ2n) is 6.86. The highest BCUT2D eigenvalue weighted by Gasteiger charge is 2.19. The smallest absolute Gasteiger partial charge is 0.255 e. The van der Waals surface area contributed by atoms with E-state index in [-0.39, 0.29) is 11.7 Å². The fourth-order valence-electron chi connectivity index (χ4n) is 3.19. The number of pyridine rings is 1. The molecule has 7 heteroatoms. The van der Waals surface area contributed by atoms with E-state index in [4.69, 9.17) is 9.47 Å². The lowest BCUT2D eigenvalue weighted by atomic mass is 10.2. The summed E-state index contributed by atoms with van der Waals surface area (Å²) in [5.41, 5.74) is 1.49. The van der Waals surface area contributed by atoms with Crippen molar-refractivity contribution < 1.29 is 18.7 Å². The van der Waals surface area contributed by atoms with Gasteiger partial charge in [-0.15, -0.1) is 0 Å². The monoisotopic (exact) mass is 407 g/mol. The Morgan fingerprint density at radius 1 is 1.03 bits per heavy atom. The number of rotatable bonds is 6. The van der Waals surface area contributed by atoms with Crippen molar-refractivity contribution in [2.75, 3.05) is 31.2 Å². The van der Waals surface area contributed by atoms with Gasteiger partial charge in [0.25, 0.3) is 5.91 Å². The topological polar surface area (TPSA) is 63.7 Å². The summed E-state index contributed by atoms with van der Waals surface area (Å²) in [4.78, 5) is 19.2. The van der Waals surface area contributed by atoms with Crippen LogP contribution in [-0.4, -0.2) is 37.2 Å². The second kappa shape index (κ2) is 9.37. The Morgan fingerprint density at radius 3 is 2.40 bits per heavy atom. The Kier molecular flexibility index (Phi) is 6.20. The molecule has 1 N–H and O–H groups in total. The van der Waals surface area contributed by atoms with Crippen molar-refractivity contribution in [3.8, 4) is 11.5 Å². The number of carbonyl (C=O) groups is 1. The number of anilines is 1. The highest BCUT2D eigenvalue weighted by atomic mass is 19.1. The Morgan fingerprint density at radius 2 is 1.70 bits per heavy atom. The maximum atomic E-state index is 13.0. The number of nitrogens with zero attached hydrogens (tertiary/aromatic N) is 2. The van der Waals surface area contributed by atoms with E-state index in [2.05, 4.69) is 15.2 Å². The number of hydrogen-bond acceptors (Lipinski definition) is 5. The molecule has 154 valence electrons. The fourth-order valence-corrected chi connectivity index (χ4v) is 3.19. The second-order valence-corrected chi connectivity index (χ2v) is 6.86. The minimum Gasteiger partial charge on any atom is -0.457 e. The predicted molar refractivity (Wildman–Crippen MR) is 111 cm³/mol. The van der Waals surface area contributed by atoms with Crippen LogP contribution in [0.2, 0.25) is 0 Å². The first-order chi connectivity index (χ1) is 14.7. The van der Waals surface area contributed by atoms with E-state index in [1.807, 2.05) is 24.3 Å². The summed E-state index contributed by atoms with van der Waals surface area (Å²) < 4.78 is 24.1. The first-order valence-electron chi connectivity index (χ1n) is 9.77. The summed E-state index contributed by atoms with van der Waals surface area (Å²) in [7, 11) is 0. The quantitative estimate of drug-likeness (QED) is 0.674. The van der Waals surface area contributed by atoms with Gasteiger partial charge in [-0.05, 0) is 54.1 Å². The minimum atomic E-state index is -0.307. The Bertz CT molecular complexity index is 987. The van der Waals surface area contributed by atoms with Crippen molar-refractivity contribution >= 4 is 11.7 Å². The highest BCUT2D eigenvalue weighted by molar-refractivity contribution is 5.98. The molecule has 1 fully saturated rings. The van der Waals surface area contributed by atoms with E-state index in [0.717, 1.165) is 5.56 Å². The van der Waals surface area contributed by atoms with Gasteiger partial charge in [0, 0.05) is 25.8 Å². The van der Waals surface area contributed by atoms with Crippen molar-refractivity contribution in [2.45, 2.75) is 6.54 Å². The molecule has 0 radical (unpaired) electrons. The zero-order valence-electron chi connectivity index (χ0n) is 16.4. The average Bonchev–Trinajstić information content (AvgIpc) is 2.80. The van der Waals surface area contributed by atoms with E-state index < -0.39 is 0 Å². The number of ether oxygens (including phenoxy) is 2. The molecular formula is C23H22FN3O3. The molecule has 0 atom stereocenters. The number of amides is 1. The Hall–Kier alpha value is -3.45. The lowest BCUT2D eigenvalue weighted by molar-refractivity contribution is 0.0949. The van der Waals surface area contributed by atoms with Crippen LogP contribution in [0.15, 0.2) is 66.9 Å². The van der Waals surface area contributed by atoms with Gasteiger partial charge in [0.1, 0.15) is 23.1 Å². The van der Waals surface area contributed by atoms with Gasteiger partial charge in [-0.1, -0.05) is 12.1 Å². The van der Waals surface area contributed by atoms with E-state index in [1.165, 1.54) is 12.1 Å². The van der Waals surface area contributed by atoms with Crippen LogP contribution in [0.1, 0.15) is 15.9 Å². The van der Waals surface area contributed by atoms with Crippen LogP contribution >= 0.6 is 0 Å². The molecule has 0 saturated carbocycles. The van der Waals surface area contributed by atoms with Crippen LogP contribution in [0.3, 0.4) is 0 Å². The summed E-state index contributed by atoms with van der Waals surface area (Å²) in [6.07, 6.45) is 1.70. The number of hydrogen-bond donors (Lipinski definition) is 1. The van der Waals surface area contributed by atoms with Crippen molar-refractivity contribution in [3.63, 3.8) is 0 Å². The van der Waals surface area contributed by atoms with E-state index in [0.29, 0.717) is 55.7 Å². The SMILES string of the molecule is O=C(NCc1ccc(Oc2ccc(F)cc2)cc1)c1cccnc1N1CCOCC1. The predicted octanol–water partition coefficient (Wildman–Crippen LogP) is 3.78. The van der Waals surface area contributed by atoms with Crippen molar-refractivity contribution in [1.29, 1.82) is 0 Å². The number of aromatic nitrogens is 1. The molecule has 4 rings (SSSR count). The zero-order chi connectivity index (χ0) is 20.8. The van der Waals surface area contributed by atoms with Crippen LogP contribution in [0.25, 0.3) is 0 Å². The zero-order valence-corrected chi connectivity index (χ0v) is 16.4.